The van der Waals surface area contributed by atoms with E-state index in [1.54, 1.807) is 6.92 Å². The zero-order valence-electron chi connectivity index (χ0n) is 7.22. The van der Waals surface area contributed by atoms with Gasteiger partial charge in [-0.15, -0.1) is 0 Å². The Labute approximate surface area is 69.6 Å². The lowest BCUT2D eigenvalue weighted by molar-refractivity contribution is 0.108. The number of rotatable bonds is 2. The number of nitrogens with zero attached hydrogens (tertiary/aromatic N) is 1. The third-order valence-electron chi connectivity index (χ3n) is 1.45. The fraction of sp³-hybridized carbons (Fsp3) is 0.500. The molecular formula is C8H10FNO2. The summed E-state index contributed by atoms with van der Waals surface area (Å²) in [6.07, 6.45) is 0.461. The largest absolute Gasteiger partial charge is 0.435 e. The highest BCUT2D eigenvalue weighted by atomic mass is 19.1. The van der Waals surface area contributed by atoms with Crippen LogP contribution in [0.15, 0.2) is 4.42 Å². The number of aromatic nitrogens is 1. The van der Waals surface area contributed by atoms with Gasteiger partial charge < -0.3 is 4.42 Å². The Morgan fingerprint density at radius 3 is 2.42 bits per heavy atom. The van der Waals surface area contributed by atoms with Gasteiger partial charge in [-0.05, 0) is 20.8 Å². The summed E-state index contributed by atoms with van der Waals surface area (Å²) < 4.78 is 18.2. The molecule has 1 aromatic rings. The highest BCUT2D eigenvalue weighted by Crippen LogP contribution is 2.27. The van der Waals surface area contributed by atoms with Crippen molar-refractivity contribution in [1.29, 1.82) is 0 Å². The van der Waals surface area contributed by atoms with E-state index in [-0.39, 0.29) is 11.7 Å². The molecule has 0 aliphatic heterocycles. The molecule has 0 aliphatic carbocycles. The molecule has 0 radical (unpaired) electrons. The van der Waals surface area contributed by atoms with Crippen LogP contribution in [0.1, 0.15) is 36.0 Å². The van der Waals surface area contributed by atoms with E-state index in [0.717, 1.165) is 0 Å². The second-order valence-corrected chi connectivity index (χ2v) is 3.06. The summed E-state index contributed by atoms with van der Waals surface area (Å²) in [5, 5.41) is 0. The number of oxazole rings is 1. The molecule has 12 heavy (non-hydrogen) atoms. The Bertz CT molecular complexity index is 298. The van der Waals surface area contributed by atoms with E-state index in [1.807, 2.05) is 0 Å². The van der Waals surface area contributed by atoms with E-state index >= 15 is 0 Å². The Hall–Kier alpha value is -1.19. The topological polar surface area (TPSA) is 43.1 Å². The van der Waals surface area contributed by atoms with E-state index < -0.39 is 5.67 Å². The normalized spacial score (nSPS) is 11.7. The van der Waals surface area contributed by atoms with Gasteiger partial charge in [0.25, 0.3) is 5.89 Å². The molecule has 0 aromatic carbocycles. The molecule has 0 aliphatic rings. The van der Waals surface area contributed by atoms with Gasteiger partial charge in [0.05, 0.1) is 5.69 Å². The Balaban J connectivity index is 3.16. The molecule has 1 aromatic heterocycles. The minimum absolute atomic E-state index is 0.0757. The van der Waals surface area contributed by atoms with Gasteiger partial charge in [-0.25, -0.2) is 9.37 Å². The minimum Gasteiger partial charge on any atom is -0.435 e. The lowest BCUT2D eigenvalue weighted by Gasteiger charge is -2.09. The number of alkyl halides is 1. The van der Waals surface area contributed by atoms with Crippen molar-refractivity contribution in [2.24, 2.45) is 0 Å². The van der Waals surface area contributed by atoms with Crippen molar-refractivity contribution in [1.82, 2.24) is 4.98 Å². The molecule has 0 unspecified atom stereocenters. The van der Waals surface area contributed by atoms with Crippen molar-refractivity contribution >= 4 is 6.29 Å². The van der Waals surface area contributed by atoms with Crippen molar-refractivity contribution in [2.75, 3.05) is 0 Å². The van der Waals surface area contributed by atoms with Crippen molar-refractivity contribution in [2.45, 2.75) is 26.4 Å². The number of aldehydes is 1. The summed E-state index contributed by atoms with van der Waals surface area (Å²) in [5.74, 6) is 0.0397. The maximum atomic E-state index is 13.3. The lowest BCUT2D eigenvalue weighted by Crippen LogP contribution is -2.09. The fourth-order valence-electron chi connectivity index (χ4n) is 1.02. The van der Waals surface area contributed by atoms with Gasteiger partial charge in [0, 0.05) is 0 Å². The fourth-order valence-corrected chi connectivity index (χ4v) is 1.02. The molecule has 0 saturated carbocycles. The highest BCUT2D eigenvalue weighted by Gasteiger charge is 2.27. The standard InChI is InChI=1S/C8H10FNO2/c1-5-7(8(2,3)9)12-6(4-11)10-5/h4H,1-3H3. The molecule has 0 atom stereocenters. The predicted octanol–water partition coefficient (Wildman–Crippen LogP) is 2.00. The third-order valence-corrected chi connectivity index (χ3v) is 1.45. The SMILES string of the molecule is Cc1nc(C=O)oc1C(C)(C)F. The van der Waals surface area contributed by atoms with E-state index in [9.17, 15) is 9.18 Å². The zero-order chi connectivity index (χ0) is 9.35. The monoisotopic (exact) mass is 171 g/mol. The molecule has 0 fully saturated rings. The predicted molar refractivity (Wildman–Crippen MR) is 40.8 cm³/mol. The minimum atomic E-state index is -1.58. The van der Waals surface area contributed by atoms with Crippen LogP contribution in [-0.2, 0) is 5.67 Å². The first-order valence-electron chi connectivity index (χ1n) is 3.57. The van der Waals surface area contributed by atoms with Crippen LogP contribution in [0.2, 0.25) is 0 Å². The first kappa shape index (κ1) is 8.90. The first-order chi connectivity index (χ1) is 5.45. The van der Waals surface area contributed by atoms with Gasteiger partial charge in [-0.1, -0.05) is 0 Å². The quantitative estimate of drug-likeness (QED) is 0.639. The van der Waals surface area contributed by atoms with Gasteiger partial charge >= 0.3 is 0 Å². The highest BCUT2D eigenvalue weighted by molar-refractivity contribution is 5.67. The van der Waals surface area contributed by atoms with E-state index in [0.29, 0.717) is 12.0 Å². The lowest BCUT2D eigenvalue weighted by atomic mass is 10.1. The van der Waals surface area contributed by atoms with Crippen LogP contribution in [0.25, 0.3) is 0 Å². The summed E-state index contributed by atoms with van der Waals surface area (Å²) in [4.78, 5) is 13.9. The van der Waals surface area contributed by atoms with Crippen LogP contribution < -0.4 is 0 Å². The van der Waals surface area contributed by atoms with Crippen molar-refractivity contribution < 1.29 is 13.6 Å². The molecule has 0 spiro atoms. The maximum absolute atomic E-state index is 13.3. The van der Waals surface area contributed by atoms with Crippen LogP contribution >= 0.6 is 0 Å². The molecule has 0 bridgehead atoms. The molecular weight excluding hydrogens is 161 g/mol. The summed E-state index contributed by atoms with van der Waals surface area (Å²) in [6, 6.07) is 0. The molecule has 3 nitrogen and oxygen atoms in total. The Morgan fingerprint density at radius 1 is 1.58 bits per heavy atom. The van der Waals surface area contributed by atoms with Gasteiger partial charge in [-0.2, -0.15) is 0 Å². The van der Waals surface area contributed by atoms with E-state index in [1.165, 1.54) is 13.8 Å². The van der Waals surface area contributed by atoms with Crippen LogP contribution in [0.5, 0.6) is 0 Å². The van der Waals surface area contributed by atoms with Crippen molar-refractivity contribution in [3.8, 4) is 0 Å². The van der Waals surface area contributed by atoms with E-state index in [4.69, 9.17) is 4.42 Å². The van der Waals surface area contributed by atoms with Crippen LogP contribution in [-0.4, -0.2) is 11.3 Å². The molecule has 0 amide bonds. The van der Waals surface area contributed by atoms with Crippen molar-refractivity contribution in [3.63, 3.8) is 0 Å². The van der Waals surface area contributed by atoms with Gasteiger partial charge in [0.1, 0.15) is 0 Å². The molecule has 0 N–H and O–H groups in total. The number of hydrogen-bond donors (Lipinski definition) is 0. The van der Waals surface area contributed by atoms with Crippen LogP contribution in [0.4, 0.5) is 4.39 Å². The summed E-state index contributed by atoms with van der Waals surface area (Å²) in [6.45, 7) is 4.32. The van der Waals surface area contributed by atoms with Gasteiger partial charge in [-0.3, -0.25) is 4.79 Å². The number of halogens is 1. The second kappa shape index (κ2) is 2.69. The van der Waals surface area contributed by atoms with Gasteiger partial charge in [0.2, 0.25) is 6.29 Å². The van der Waals surface area contributed by atoms with Crippen molar-refractivity contribution in [3.05, 3.63) is 17.3 Å². The van der Waals surface area contributed by atoms with Crippen LogP contribution in [0, 0.1) is 6.92 Å². The van der Waals surface area contributed by atoms with Gasteiger partial charge in [0.15, 0.2) is 11.4 Å². The molecule has 1 heterocycles. The summed E-state index contributed by atoms with van der Waals surface area (Å²) in [7, 11) is 0. The number of hydrogen-bond acceptors (Lipinski definition) is 3. The average molecular weight is 171 g/mol. The molecule has 0 saturated heterocycles. The molecule has 1 rings (SSSR count). The first-order valence-corrected chi connectivity index (χ1v) is 3.57. The maximum Gasteiger partial charge on any atom is 0.260 e. The number of carbonyl (C=O) groups excluding carboxylic acids is 1. The Morgan fingerprint density at radius 2 is 2.17 bits per heavy atom. The number of carbonyl (C=O) groups is 1. The van der Waals surface area contributed by atoms with E-state index in [2.05, 4.69) is 4.98 Å². The van der Waals surface area contributed by atoms with Crippen LogP contribution in [0.3, 0.4) is 0 Å². The summed E-state index contributed by atoms with van der Waals surface area (Å²) in [5.41, 5.74) is -1.16. The second-order valence-electron chi connectivity index (χ2n) is 3.06. The third kappa shape index (κ3) is 1.52. The molecule has 66 valence electrons. The number of aryl methyl sites for hydroxylation is 1. The average Bonchev–Trinajstić information content (AvgIpc) is 2.29. The Kier molecular flexibility index (Phi) is 2.00. The zero-order valence-corrected chi connectivity index (χ0v) is 7.22. The smallest absolute Gasteiger partial charge is 0.260 e. The molecule has 4 heteroatoms. The summed E-state index contributed by atoms with van der Waals surface area (Å²) >= 11 is 0.